The van der Waals surface area contributed by atoms with Crippen LogP contribution in [0.15, 0.2) is 12.3 Å². The van der Waals surface area contributed by atoms with E-state index in [9.17, 15) is 9.59 Å². The van der Waals surface area contributed by atoms with E-state index in [4.69, 9.17) is 5.73 Å². The minimum absolute atomic E-state index is 0.0313. The average Bonchev–Trinajstić information content (AvgIpc) is 2.95. The van der Waals surface area contributed by atoms with Crippen LogP contribution in [-0.2, 0) is 0 Å². The van der Waals surface area contributed by atoms with E-state index < -0.39 is 0 Å². The van der Waals surface area contributed by atoms with E-state index >= 15 is 0 Å². The van der Waals surface area contributed by atoms with E-state index in [0.717, 1.165) is 0 Å². The summed E-state index contributed by atoms with van der Waals surface area (Å²) in [6.45, 7) is 2.31. The Balaban J connectivity index is 1.71. The molecular formula is C11H15N5O2. The number of amides is 3. The van der Waals surface area contributed by atoms with Crippen molar-refractivity contribution in [2.75, 3.05) is 31.9 Å². The summed E-state index contributed by atoms with van der Waals surface area (Å²) < 4.78 is 0. The number of carbonyl (C=O) groups excluding carboxylic acids is 2. The van der Waals surface area contributed by atoms with Gasteiger partial charge in [-0.05, 0) is 6.07 Å². The molecule has 96 valence electrons. The molecule has 1 atom stereocenters. The molecule has 3 heterocycles. The monoisotopic (exact) mass is 249 g/mol. The molecule has 0 aromatic carbocycles. The third-order valence-corrected chi connectivity index (χ3v) is 3.46. The number of aromatic nitrogens is 1. The summed E-state index contributed by atoms with van der Waals surface area (Å²) in [6.07, 6.45) is 1.60. The molecule has 2 aliphatic rings. The zero-order valence-electron chi connectivity index (χ0n) is 9.85. The number of nitrogens with one attached hydrogen (secondary N) is 2. The zero-order chi connectivity index (χ0) is 12.7. The number of hydrogen-bond acceptors (Lipinski definition) is 3. The Morgan fingerprint density at radius 2 is 2.28 bits per heavy atom. The van der Waals surface area contributed by atoms with Gasteiger partial charge in [0.05, 0.1) is 6.04 Å². The number of piperazine rings is 1. The smallest absolute Gasteiger partial charge is 0.317 e. The molecule has 1 unspecified atom stereocenters. The Bertz CT molecular complexity index is 497. The molecule has 0 bridgehead atoms. The minimum Gasteiger partial charge on any atom is -0.397 e. The van der Waals surface area contributed by atoms with Crippen LogP contribution in [0.1, 0.15) is 10.5 Å². The molecule has 2 fully saturated rings. The number of carbonyl (C=O) groups is 2. The number of anilines is 1. The highest BCUT2D eigenvalue weighted by molar-refractivity contribution is 5.93. The van der Waals surface area contributed by atoms with Gasteiger partial charge in [-0.15, -0.1) is 0 Å². The lowest BCUT2D eigenvalue weighted by atomic mass is 10.2. The first-order chi connectivity index (χ1) is 8.65. The summed E-state index contributed by atoms with van der Waals surface area (Å²) >= 11 is 0. The first kappa shape index (κ1) is 10.9. The van der Waals surface area contributed by atoms with Crippen molar-refractivity contribution in [3.8, 4) is 0 Å². The van der Waals surface area contributed by atoms with Gasteiger partial charge in [0.2, 0.25) is 0 Å². The third kappa shape index (κ3) is 1.68. The Kier molecular flexibility index (Phi) is 2.39. The van der Waals surface area contributed by atoms with Crippen LogP contribution in [0.2, 0.25) is 0 Å². The molecule has 18 heavy (non-hydrogen) atoms. The van der Waals surface area contributed by atoms with Crippen molar-refractivity contribution in [3.05, 3.63) is 18.0 Å². The van der Waals surface area contributed by atoms with Crippen LogP contribution in [0.3, 0.4) is 0 Å². The molecule has 7 heteroatoms. The standard InChI is InChI=1S/C11H15N5O2/c12-7-3-9(13-4-7)10(17)15-1-2-16-8(6-15)5-14-11(16)18/h3-4,8,13H,1-2,5-6,12H2,(H,14,18). The SMILES string of the molecule is Nc1c[nH]c(C(=O)N2CCN3C(=O)NCC3C2)c1. The van der Waals surface area contributed by atoms with Gasteiger partial charge in [0.1, 0.15) is 5.69 Å². The second kappa shape index (κ2) is 3.94. The van der Waals surface area contributed by atoms with E-state index in [-0.39, 0.29) is 18.0 Å². The van der Waals surface area contributed by atoms with Gasteiger partial charge in [-0.3, -0.25) is 4.79 Å². The van der Waals surface area contributed by atoms with Crippen molar-refractivity contribution >= 4 is 17.6 Å². The van der Waals surface area contributed by atoms with Gasteiger partial charge in [-0.2, -0.15) is 0 Å². The number of nitrogen functional groups attached to an aromatic ring is 1. The average molecular weight is 249 g/mol. The van der Waals surface area contributed by atoms with Crippen molar-refractivity contribution < 1.29 is 9.59 Å². The lowest BCUT2D eigenvalue weighted by Gasteiger charge is -2.36. The van der Waals surface area contributed by atoms with Crippen molar-refractivity contribution in [1.82, 2.24) is 20.1 Å². The molecule has 4 N–H and O–H groups in total. The third-order valence-electron chi connectivity index (χ3n) is 3.46. The number of hydrogen-bond donors (Lipinski definition) is 3. The Morgan fingerprint density at radius 1 is 1.44 bits per heavy atom. The van der Waals surface area contributed by atoms with Gasteiger partial charge >= 0.3 is 6.03 Å². The number of aromatic amines is 1. The number of urea groups is 1. The summed E-state index contributed by atoms with van der Waals surface area (Å²) in [7, 11) is 0. The minimum atomic E-state index is -0.0642. The molecule has 0 aliphatic carbocycles. The number of nitrogens with zero attached hydrogens (tertiary/aromatic N) is 2. The van der Waals surface area contributed by atoms with Gasteiger partial charge in [-0.25, -0.2) is 4.79 Å². The highest BCUT2D eigenvalue weighted by Gasteiger charge is 2.37. The van der Waals surface area contributed by atoms with Crippen LogP contribution < -0.4 is 11.1 Å². The van der Waals surface area contributed by atoms with Crippen LogP contribution in [0, 0.1) is 0 Å². The molecule has 7 nitrogen and oxygen atoms in total. The van der Waals surface area contributed by atoms with Crippen LogP contribution in [-0.4, -0.2) is 58.9 Å². The summed E-state index contributed by atoms with van der Waals surface area (Å²) in [5.74, 6) is -0.0642. The summed E-state index contributed by atoms with van der Waals surface area (Å²) in [5.41, 5.74) is 6.63. The van der Waals surface area contributed by atoms with Crippen LogP contribution >= 0.6 is 0 Å². The van der Waals surface area contributed by atoms with Crippen LogP contribution in [0.4, 0.5) is 10.5 Å². The Labute approximate surface area is 104 Å². The summed E-state index contributed by atoms with van der Waals surface area (Å²) in [6, 6.07) is 1.69. The Hall–Kier alpha value is -2.18. The number of rotatable bonds is 1. The van der Waals surface area contributed by atoms with E-state index in [0.29, 0.717) is 37.6 Å². The molecule has 2 saturated heterocycles. The molecule has 0 spiro atoms. The largest absolute Gasteiger partial charge is 0.397 e. The molecule has 3 amide bonds. The van der Waals surface area contributed by atoms with Crippen LogP contribution in [0.25, 0.3) is 0 Å². The molecule has 1 aromatic heterocycles. The molecule has 1 aromatic rings. The molecule has 0 radical (unpaired) electrons. The van der Waals surface area contributed by atoms with Crippen LogP contribution in [0.5, 0.6) is 0 Å². The van der Waals surface area contributed by atoms with Gasteiger partial charge in [0, 0.05) is 38.1 Å². The first-order valence-corrected chi connectivity index (χ1v) is 5.93. The van der Waals surface area contributed by atoms with Gasteiger partial charge in [0.25, 0.3) is 5.91 Å². The lowest BCUT2D eigenvalue weighted by molar-refractivity contribution is 0.0612. The number of H-pyrrole nitrogens is 1. The normalized spacial score (nSPS) is 22.9. The fourth-order valence-electron chi connectivity index (χ4n) is 2.49. The Morgan fingerprint density at radius 3 is 3.00 bits per heavy atom. The summed E-state index contributed by atoms with van der Waals surface area (Å²) in [5, 5.41) is 2.79. The summed E-state index contributed by atoms with van der Waals surface area (Å²) in [4.78, 5) is 30.0. The predicted octanol–water partition coefficient (Wildman–Crippen LogP) is -0.553. The van der Waals surface area contributed by atoms with Gasteiger partial charge in [-0.1, -0.05) is 0 Å². The van der Waals surface area contributed by atoms with Gasteiger partial charge in [0.15, 0.2) is 0 Å². The topological polar surface area (TPSA) is 94.5 Å². The maximum atomic E-state index is 12.2. The number of nitrogens with two attached hydrogens (primary N) is 1. The predicted molar refractivity (Wildman–Crippen MR) is 65.0 cm³/mol. The van der Waals surface area contributed by atoms with E-state index in [1.807, 2.05) is 0 Å². The number of fused-ring (bicyclic) bond motifs is 1. The maximum absolute atomic E-state index is 12.2. The zero-order valence-corrected chi connectivity index (χ0v) is 9.85. The fourth-order valence-corrected chi connectivity index (χ4v) is 2.49. The molecule has 3 rings (SSSR count). The second-order valence-corrected chi connectivity index (χ2v) is 4.63. The highest BCUT2D eigenvalue weighted by Crippen LogP contribution is 2.16. The molecular weight excluding hydrogens is 234 g/mol. The first-order valence-electron chi connectivity index (χ1n) is 5.93. The van der Waals surface area contributed by atoms with E-state index in [1.165, 1.54) is 0 Å². The quantitative estimate of drug-likeness (QED) is 0.623. The van der Waals surface area contributed by atoms with Crippen molar-refractivity contribution in [1.29, 1.82) is 0 Å². The van der Waals surface area contributed by atoms with Crippen molar-refractivity contribution in [2.24, 2.45) is 0 Å². The maximum Gasteiger partial charge on any atom is 0.317 e. The van der Waals surface area contributed by atoms with E-state index in [1.54, 1.807) is 22.1 Å². The lowest BCUT2D eigenvalue weighted by Crippen LogP contribution is -2.53. The molecule has 2 aliphatic heterocycles. The van der Waals surface area contributed by atoms with E-state index in [2.05, 4.69) is 10.3 Å². The van der Waals surface area contributed by atoms with Crippen molar-refractivity contribution in [2.45, 2.75) is 6.04 Å². The fraction of sp³-hybridized carbons (Fsp3) is 0.455. The molecule has 0 saturated carbocycles. The second-order valence-electron chi connectivity index (χ2n) is 4.63. The van der Waals surface area contributed by atoms with Gasteiger partial charge < -0.3 is 25.8 Å². The highest BCUT2D eigenvalue weighted by atomic mass is 16.2. The van der Waals surface area contributed by atoms with Crippen molar-refractivity contribution in [3.63, 3.8) is 0 Å².